The number of aryl methyl sites for hydroxylation is 1. The van der Waals surface area contributed by atoms with Gasteiger partial charge in [-0.3, -0.25) is 9.59 Å². The third kappa shape index (κ3) is 8.59. The lowest BCUT2D eigenvalue weighted by Crippen LogP contribution is -2.35. The highest BCUT2D eigenvalue weighted by molar-refractivity contribution is 5.98. The molecule has 2 N–H and O–H groups in total. The van der Waals surface area contributed by atoms with E-state index in [9.17, 15) is 14.9 Å². The van der Waals surface area contributed by atoms with E-state index in [-0.39, 0.29) is 24.8 Å². The molecule has 2 aliphatic carbocycles. The number of rotatable bonds is 10. The molecular weight excluding hydrogens is 462 g/mol. The predicted octanol–water partition coefficient (Wildman–Crippen LogP) is 5.06. The molecule has 2 aliphatic rings. The summed E-state index contributed by atoms with van der Waals surface area (Å²) in [5, 5.41) is 15.3. The third-order valence-electron chi connectivity index (χ3n) is 6.26. The number of nitrogens with zero attached hydrogens (tertiary/aromatic N) is 1. The molecule has 0 aliphatic heterocycles. The molecular formula is C31H33N3O3. The molecule has 0 atom stereocenters. The number of hydrogen-bond donors (Lipinski definition) is 2. The number of ketones is 1. The minimum Gasteiger partial charge on any atom is -0.493 e. The van der Waals surface area contributed by atoms with Gasteiger partial charge in [0, 0.05) is 11.6 Å². The molecule has 0 heterocycles. The summed E-state index contributed by atoms with van der Waals surface area (Å²) in [6.07, 6.45) is 4.56. The maximum absolute atomic E-state index is 12.7. The van der Waals surface area contributed by atoms with Crippen molar-refractivity contribution in [3.05, 3.63) is 89.5 Å². The highest BCUT2D eigenvalue weighted by atomic mass is 16.5. The topological polar surface area (TPSA) is 91.2 Å². The van der Waals surface area contributed by atoms with Gasteiger partial charge in [0.15, 0.2) is 5.78 Å². The number of nitrogens with one attached hydrogen (secondary N) is 2. The Bertz CT molecular complexity index is 1260. The Morgan fingerprint density at radius 1 is 0.946 bits per heavy atom. The summed E-state index contributed by atoms with van der Waals surface area (Å²) in [5.74, 6) is 0.793. The average molecular weight is 496 g/mol. The van der Waals surface area contributed by atoms with Crippen LogP contribution in [0.1, 0.15) is 47.2 Å². The first-order chi connectivity index (χ1) is 18.0. The van der Waals surface area contributed by atoms with Crippen LogP contribution in [0.3, 0.4) is 0 Å². The summed E-state index contributed by atoms with van der Waals surface area (Å²) >= 11 is 0. The van der Waals surface area contributed by atoms with Crippen LogP contribution in [0.5, 0.6) is 5.75 Å². The quantitative estimate of drug-likeness (QED) is 0.410. The second-order valence-corrected chi connectivity index (χ2v) is 9.69. The monoisotopic (exact) mass is 495 g/mol. The molecule has 0 aromatic heterocycles. The molecule has 0 radical (unpaired) electrons. The van der Waals surface area contributed by atoms with Gasteiger partial charge in [-0.2, -0.15) is 5.26 Å². The van der Waals surface area contributed by atoms with E-state index >= 15 is 0 Å². The van der Waals surface area contributed by atoms with Crippen LogP contribution in [-0.2, 0) is 4.79 Å². The highest BCUT2D eigenvalue weighted by Gasteiger charge is 2.23. The molecule has 0 unspecified atom stereocenters. The molecule has 0 bridgehead atoms. The van der Waals surface area contributed by atoms with E-state index in [2.05, 4.69) is 35.8 Å². The second kappa shape index (κ2) is 12.8. The lowest BCUT2D eigenvalue weighted by Gasteiger charge is -2.12. The maximum atomic E-state index is 12.7. The van der Waals surface area contributed by atoms with Crippen LogP contribution in [0.15, 0.2) is 72.8 Å². The standard InChI is InChI=1S/C24H25N3O3.C7H8/c25-12-17-3-1-2-4-23(17)18-9-19(11-22(10-18)30-15-16-5-6-16)24(29)27-14-21(28)13-26-20-7-8-20;1-7-5-3-2-4-6-7/h1-4,9-11,16,20,26H,5-8,13-15H2,(H,27,29);2-6H,1H3. The van der Waals surface area contributed by atoms with Crippen molar-refractivity contribution in [1.29, 1.82) is 5.26 Å². The van der Waals surface area contributed by atoms with Crippen molar-refractivity contribution < 1.29 is 14.3 Å². The van der Waals surface area contributed by atoms with E-state index in [4.69, 9.17) is 4.74 Å². The normalized spacial score (nSPS) is 14.1. The SMILES string of the molecule is Cc1ccccc1.N#Cc1ccccc1-c1cc(OCC2CC2)cc(C(=O)NCC(=O)CNC2CC2)c1. The van der Waals surface area contributed by atoms with E-state index in [1.54, 1.807) is 18.2 Å². The van der Waals surface area contributed by atoms with Crippen LogP contribution in [0, 0.1) is 24.2 Å². The fourth-order valence-corrected chi connectivity index (χ4v) is 3.72. The minimum atomic E-state index is -0.331. The van der Waals surface area contributed by atoms with Crippen molar-refractivity contribution in [2.24, 2.45) is 5.92 Å². The van der Waals surface area contributed by atoms with Gasteiger partial charge in [0.1, 0.15) is 5.75 Å². The highest BCUT2D eigenvalue weighted by Crippen LogP contribution is 2.32. The second-order valence-electron chi connectivity index (χ2n) is 9.69. The summed E-state index contributed by atoms with van der Waals surface area (Å²) in [4.78, 5) is 24.7. The number of ether oxygens (including phenoxy) is 1. The van der Waals surface area contributed by atoms with Gasteiger partial charge >= 0.3 is 0 Å². The van der Waals surface area contributed by atoms with E-state index in [1.165, 1.54) is 18.4 Å². The van der Waals surface area contributed by atoms with Crippen molar-refractivity contribution in [3.63, 3.8) is 0 Å². The molecule has 37 heavy (non-hydrogen) atoms. The Hall–Kier alpha value is -3.95. The molecule has 3 aromatic carbocycles. The van der Waals surface area contributed by atoms with Crippen molar-refractivity contribution in [1.82, 2.24) is 10.6 Å². The third-order valence-corrected chi connectivity index (χ3v) is 6.26. The first-order valence-corrected chi connectivity index (χ1v) is 12.8. The average Bonchev–Trinajstić information content (AvgIpc) is 3.85. The first kappa shape index (κ1) is 26.1. The van der Waals surface area contributed by atoms with Gasteiger partial charge in [0.05, 0.1) is 31.3 Å². The van der Waals surface area contributed by atoms with Crippen LogP contribution in [0.2, 0.25) is 0 Å². The molecule has 0 saturated heterocycles. The van der Waals surface area contributed by atoms with Gasteiger partial charge in [-0.1, -0.05) is 54.1 Å². The molecule has 190 valence electrons. The Kier molecular flexibility index (Phi) is 9.07. The summed E-state index contributed by atoms with van der Waals surface area (Å²) in [7, 11) is 0. The molecule has 0 spiro atoms. The zero-order valence-electron chi connectivity index (χ0n) is 21.2. The number of benzene rings is 3. The number of nitriles is 1. The van der Waals surface area contributed by atoms with E-state index in [0.717, 1.165) is 24.0 Å². The Morgan fingerprint density at radius 3 is 2.32 bits per heavy atom. The van der Waals surface area contributed by atoms with Crippen molar-refractivity contribution >= 4 is 11.7 Å². The van der Waals surface area contributed by atoms with Gasteiger partial charge in [0.25, 0.3) is 5.91 Å². The van der Waals surface area contributed by atoms with Crippen LogP contribution in [-0.4, -0.2) is 37.4 Å². The molecule has 6 heteroatoms. The van der Waals surface area contributed by atoms with Crippen LogP contribution < -0.4 is 15.4 Å². The maximum Gasteiger partial charge on any atom is 0.251 e. The summed E-state index contributed by atoms with van der Waals surface area (Å²) in [6, 6.07) is 25.5. The van der Waals surface area contributed by atoms with E-state index < -0.39 is 0 Å². The lowest BCUT2D eigenvalue weighted by atomic mass is 9.98. The van der Waals surface area contributed by atoms with Crippen molar-refractivity contribution in [3.8, 4) is 22.9 Å². The summed E-state index contributed by atoms with van der Waals surface area (Å²) in [5.41, 5.74) is 3.75. The fraction of sp³-hybridized carbons (Fsp3) is 0.323. The lowest BCUT2D eigenvalue weighted by molar-refractivity contribution is -0.117. The van der Waals surface area contributed by atoms with E-state index in [0.29, 0.717) is 35.4 Å². The van der Waals surface area contributed by atoms with E-state index in [1.807, 2.05) is 42.5 Å². The number of hydrogen-bond acceptors (Lipinski definition) is 5. The number of carbonyl (C=O) groups excluding carboxylic acids is 2. The van der Waals surface area contributed by atoms with Gasteiger partial charge in [-0.15, -0.1) is 0 Å². The number of Topliss-reactive ketones (excluding diaryl/α,β-unsaturated/α-hetero) is 1. The Labute approximate surface area is 218 Å². The number of amides is 1. The van der Waals surface area contributed by atoms with Crippen molar-refractivity contribution in [2.75, 3.05) is 19.7 Å². The van der Waals surface area contributed by atoms with Crippen LogP contribution in [0.25, 0.3) is 11.1 Å². The Morgan fingerprint density at radius 2 is 1.68 bits per heavy atom. The van der Waals surface area contributed by atoms with Crippen LogP contribution >= 0.6 is 0 Å². The molecule has 2 saturated carbocycles. The molecule has 3 aromatic rings. The zero-order valence-corrected chi connectivity index (χ0v) is 21.2. The Balaban J connectivity index is 0.000000396. The van der Waals surface area contributed by atoms with Gasteiger partial charge in [0.2, 0.25) is 0 Å². The van der Waals surface area contributed by atoms with Gasteiger partial charge < -0.3 is 15.4 Å². The summed E-state index contributed by atoms with van der Waals surface area (Å²) < 4.78 is 5.91. The van der Waals surface area contributed by atoms with Crippen LogP contribution in [0.4, 0.5) is 0 Å². The fourth-order valence-electron chi connectivity index (χ4n) is 3.72. The van der Waals surface area contributed by atoms with Gasteiger partial charge in [-0.25, -0.2) is 0 Å². The zero-order chi connectivity index (χ0) is 26.0. The molecule has 6 nitrogen and oxygen atoms in total. The summed E-state index contributed by atoms with van der Waals surface area (Å²) in [6.45, 7) is 2.96. The molecule has 5 rings (SSSR count). The predicted molar refractivity (Wildman–Crippen MR) is 144 cm³/mol. The van der Waals surface area contributed by atoms with Gasteiger partial charge in [-0.05, 0) is 73.9 Å². The van der Waals surface area contributed by atoms with Crippen molar-refractivity contribution in [2.45, 2.75) is 38.6 Å². The first-order valence-electron chi connectivity index (χ1n) is 12.8. The minimum absolute atomic E-state index is 0.0180. The largest absolute Gasteiger partial charge is 0.493 e. The number of carbonyl (C=O) groups is 2. The molecule has 2 fully saturated rings. The molecule has 1 amide bonds. The smallest absolute Gasteiger partial charge is 0.251 e.